The fourth-order valence-electron chi connectivity index (χ4n) is 3.27. The van der Waals surface area contributed by atoms with Crippen LogP contribution in [0.1, 0.15) is 29.9 Å². The largest absolute Gasteiger partial charge is 0.511 e. The second kappa shape index (κ2) is 9.65. The van der Waals surface area contributed by atoms with Gasteiger partial charge in [0.2, 0.25) is 5.91 Å². The van der Waals surface area contributed by atoms with Gasteiger partial charge in [-0.3, -0.25) is 9.59 Å². The van der Waals surface area contributed by atoms with Crippen molar-refractivity contribution in [2.75, 3.05) is 14.1 Å². The summed E-state index contributed by atoms with van der Waals surface area (Å²) in [6, 6.07) is 10.4. The molecule has 0 aliphatic heterocycles. The molecule has 0 aromatic heterocycles. The van der Waals surface area contributed by atoms with Crippen LogP contribution >= 0.6 is 46.6 Å². The number of rotatable bonds is 5. The molecule has 8 heteroatoms. The first kappa shape index (κ1) is 23.0. The minimum atomic E-state index is -0.289. The lowest BCUT2D eigenvalue weighted by atomic mass is 9.86. The van der Waals surface area contributed by atoms with Gasteiger partial charge in [0.15, 0.2) is 5.78 Å². The number of aliphatic hydroxyl groups excluding tert-OH is 1. The van der Waals surface area contributed by atoms with Crippen molar-refractivity contribution >= 4 is 58.3 Å². The van der Waals surface area contributed by atoms with E-state index in [1.807, 2.05) is 0 Å². The second-order valence-electron chi connectivity index (χ2n) is 7.27. The van der Waals surface area contributed by atoms with Gasteiger partial charge in [-0.15, -0.1) is 0 Å². The molecule has 0 saturated heterocycles. The number of nitrogens with zero attached hydrogens (tertiary/aromatic N) is 1. The van der Waals surface area contributed by atoms with Gasteiger partial charge in [0, 0.05) is 47.8 Å². The van der Waals surface area contributed by atoms with Crippen molar-refractivity contribution in [1.29, 1.82) is 0 Å². The fourth-order valence-corrected chi connectivity index (χ4v) is 5.21. The molecule has 0 bridgehead atoms. The maximum atomic E-state index is 12.8. The first-order valence-electron chi connectivity index (χ1n) is 9.23. The Hall–Kier alpha value is -1.66. The van der Waals surface area contributed by atoms with Gasteiger partial charge in [0.1, 0.15) is 5.76 Å². The Bertz CT molecular complexity index is 1020. The molecule has 1 N–H and O–H groups in total. The summed E-state index contributed by atoms with van der Waals surface area (Å²) in [5, 5.41) is 12.0. The molecule has 0 radical (unpaired) electrons. The van der Waals surface area contributed by atoms with Gasteiger partial charge in [-0.1, -0.05) is 58.7 Å². The standard InChI is InChI=1S/C22H20Cl3NO3S/c1-26(2)20(29)9-12-6-7-14(23)19(8-12)30-22-17(27)10-13(11-18(22)28)21-15(24)4-3-5-16(21)25/h3-8,13,27H,9-11H2,1-2H3. The highest BCUT2D eigenvalue weighted by Gasteiger charge is 2.32. The van der Waals surface area contributed by atoms with E-state index < -0.39 is 0 Å². The van der Waals surface area contributed by atoms with Crippen LogP contribution in [0.4, 0.5) is 0 Å². The zero-order valence-electron chi connectivity index (χ0n) is 16.4. The molecule has 1 atom stereocenters. The predicted octanol–water partition coefficient (Wildman–Crippen LogP) is 6.29. The minimum absolute atomic E-state index is 0.0110. The summed E-state index contributed by atoms with van der Waals surface area (Å²) in [6.45, 7) is 0. The van der Waals surface area contributed by atoms with Crippen LogP contribution in [0.5, 0.6) is 0 Å². The van der Waals surface area contributed by atoms with Crippen molar-refractivity contribution in [2.45, 2.75) is 30.1 Å². The van der Waals surface area contributed by atoms with Crippen molar-refractivity contribution in [3.8, 4) is 0 Å². The zero-order chi connectivity index (χ0) is 22.0. The smallest absolute Gasteiger partial charge is 0.226 e. The number of carbonyl (C=O) groups is 2. The number of aliphatic hydroxyl groups is 1. The average Bonchev–Trinajstić information content (AvgIpc) is 2.66. The number of ketones is 1. The monoisotopic (exact) mass is 483 g/mol. The number of carbonyl (C=O) groups excluding carboxylic acids is 2. The Morgan fingerprint density at radius 2 is 1.77 bits per heavy atom. The molecule has 0 heterocycles. The Morgan fingerprint density at radius 3 is 2.37 bits per heavy atom. The average molecular weight is 485 g/mol. The quantitative estimate of drug-likeness (QED) is 0.542. The first-order valence-corrected chi connectivity index (χ1v) is 11.2. The SMILES string of the molecule is CN(C)C(=O)Cc1ccc(Cl)c(SC2=C(O)CC(c3c(Cl)cccc3Cl)CC2=O)c1. The van der Waals surface area contributed by atoms with Crippen LogP contribution in [0.3, 0.4) is 0 Å². The number of likely N-dealkylation sites (N-methyl/N-ethyl adjacent to an activating group) is 1. The van der Waals surface area contributed by atoms with E-state index in [0.717, 1.165) is 17.3 Å². The third kappa shape index (κ3) is 5.14. The summed E-state index contributed by atoms with van der Waals surface area (Å²) in [6.07, 6.45) is 0.671. The Balaban J connectivity index is 1.85. The zero-order valence-corrected chi connectivity index (χ0v) is 19.5. The molecule has 1 aliphatic rings. The van der Waals surface area contributed by atoms with E-state index in [1.165, 1.54) is 4.90 Å². The summed E-state index contributed by atoms with van der Waals surface area (Å²) in [5.74, 6) is -0.537. The summed E-state index contributed by atoms with van der Waals surface area (Å²) >= 11 is 20.0. The van der Waals surface area contributed by atoms with Gasteiger partial charge >= 0.3 is 0 Å². The topological polar surface area (TPSA) is 57.6 Å². The second-order valence-corrected chi connectivity index (χ2v) is 9.55. The van der Waals surface area contributed by atoms with Gasteiger partial charge in [-0.05, 0) is 35.4 Å². The maximum Gasteiger partial charge on any atom is 0.226 e. The van der Waals surface area contributed by atoms with Crippen LogP contribution < -0.4 is 0 Å². The molecule has 1 amide bonds. The van der Waals surface area contributed by atoms with E-state index in [1.54, 1.807) is 50.5 Å². The third-order valence-electron chi connectivity index (χ3n) is 4.86. The van der Waals surface area contributed by atoms with Crippen LogP contribution in [0.15, 0.2) is 52.0 Å². The summed E-state index contributed by atoms with van der Waals surface area (Å²) in [5.41, 5.74) is 1.46. The first-order chi connectivity index (χ1) is 14.2. The molecule has 0 spiro atoms. The Kier molecular flexibility index (Phi) is 7.40. The number of halogens is 3. The number of hydrogen-bond acceptors (Lipinski definition) is 4. The lowest BCUT2D eigenvalue weighted by Gasteiger charge is -2.25. The molecule has 158 valence electrons. The molecule has 3 rings (SSSR count). The van der Waals surface area contributed by atoms with Crippen LogP contribution in [-0.4, -0.2) is 35.8 Å². The lowest BCUT2D eigenvalue weighted by Crippen LogP contribution is -2.23. The number of Topliss-reactive ketones (excluding diaryl/α,β-unsaturated/α-hetero) is 1. The lowest BCUT2D eigenvalue weighted by molar-refractivity contribution is -0.128. The Labute approximate surface area is 194 Å². The van der Waals surface area contributed by atoms with E-state index in [0.29, 0.717) is 25.5 Å². The van der Waals surface area contributed by atoms with E-state index in [-0.39, 0.29) is 47.5 Å². The van der Waals surface area contributed by atoms with Crippen LogP contribution in [0.2, 0.25) is 15.1 Å². The van der Waals surface area contributed by atoms with Crippen molar-refractivity contribution in [3.05, 3.63) is 73.3 Å². The molecular formula is C22H20Cl3NO3S. The van der Waals surface area contributed by atoms with Crippen molar-refractivity contribution in [1.82, 2.24) is 4.90 Å². The van der Waals surface area contributed by atoms with Gasteiger partial charge in [-0.2, -0.15) is 0 Å². The van der Waals surface area contributed by atoms with Crippen molar-refractivity contribution in [2.24, 2.45) is 0 Å². The molecule has 1 aliphatic carbocycles. The van der Waals surface area contributed by atoms with Gasteiger partial charge in [-0.25, -0.2) is 0 Å². The number of thioether (sulfide) groups is 1. The van der Waals surface area contributed by atoms with Crippen LogP contribution in [0.25, 0.3) is 0 Å². The number of amides is 1. The molecule has 1 unspecified atom stereocenters. The third-order valence-corrected chi connectivity index (χ3v) is 7.18. The molecule has 0 saturated carbocycles. The van der Waals surface area contributed by atoms with E-state index >= 15 is 0 Å². The molecule has 30 heavy (non-hydrogen) atoms. The van der Waals surface area contributed by atoms with Gasteiger partial charge in [0.05, 0.1) is 16.3 Å². The van der Waals surface area contributed by atoms with Gasteiger partial charge < -0.3 is 10.0 Å². The summed E-state index contributed by atoms with van der Waals surface area (Å²) < 4.78 is 0. The molecule has 2 aromatic carbocycles. The normalized spacial score (nSPS) is 16.7. The molecule has 0 fully saturated rings. The van der Waals surface area contributed by atoms with E-state index in [4.69, 9.17) is 34.8 Å². The van der Waals surface area contributed by atoms with Gasteiger partial charge in [0.25, 0.3) is 0 Å². The van der Waals surface area contributed by atoms with Crippen molar-refractivity contribution < 1.29 is 14.7 Å². The van der Waals surface area contributed by atoms with Crippen LogP contribution in [-0.2, 0) is 16.0 Å². The predicted molar refractivity (Wildman–Crippen MR) is 123 cm³/mol. The molecule has 4 nitrogen and oxygen atoms in total. The molecular weight excluding hydrogens is 465 g/mol. The number of allylic oxidation sites excluding steroid dienone is 2. The minimum Gasteiger partial charge on any atom is -0.511 e. The summed E-state index contributed by atoms with van der Waals surface area (Å²) in [4.78, 5) is 27.2. The fraction of sp³-hybridized carbons (Fsp3) is 0.273. The maximum absolute atomic E-state index is 12.8. The number of hydrogen-bond donors (Lipinski definition) is 1. The molecule has 2 aromatic rings. The summed E-state index contributed by atoms with van der Waals surface area (Å²) in [7, 11) is 3.39. The highest BCUT2D eigenvalue weighted by molar-refractivity contribution is 8.04. The van der Waals surface area contributed by atoms with E-state index in [9.17, 15) is 14.7 Å². The van der Waals surface area contributed by atoms with E-state index in [2.05, 4.69) is 0 Å². The Morgan fingerprint density at radius 1 is 1.10 bits per heavy atom. The number of benzene rings is 2. The highest BCUT2D eigenvalue weighted by Crippen LogP contribution is 2.45. The van der Waals surface area contributed by atoms with Crippen LogP contribution in [0, 0.1) is 0 Å². The highest BCUT2D eigenvalue weighted by atomic mass is 35.5. The van der Waals surface area contributed by atoms with Crippen molar-refractivity contribution in [3.63, 3.8) is 0 Å².